The Morgan fingerprint density at radius 1 is 1.23 bits per heavy atom. The maximum atomic E-state index is 12.0. The molecule has 0 bridgehead atoms. The highest BCUT2D eigenvalue weighted by Crippen LogP contribution is 2.28. The van der Waals surface area contributed by atoms with Crippen LogP contribution in [0, 0.1) is 5.41 Å². The Balaban J connectivity index is 0.00000338. The molecular weight excluding hydrogens is 439 g/mol. The number of likely N-dealkylation sites (tertiary alicyclic amines) is 1. The number of benzene rings is 1. The van der Waals surface area contributed by atoms with Crippen LogP contribution in [0.5, 0.6) is 0 Å². The maximum Gasteiger partial charge on any atom is 0.251 e. The lowest BCUT2D eigenvalue weighted by Crippen LogP contribution is -2.40. The molecule has 6 heteroatoms. The molecule has 1 fully saturated rings. The fourth-order valence-corrected chi connectivity index (χ4v) is 3.06. The van der Waals surface area contributed by atoms with Crippen molar-refractivity contribution in [3.8, 4) is 0 Å². The van der Waals surface area contributed by atoms with Crippen molar-refractivity contribution in [2.75, 3.05) is 26.7 Å². The van der Waals surface area contributed by atoms with Crippen LogP contribution in [0.2, 0.25) is 0 Å². The summed E-state index contributed by atoms with van der Waals surface area (Å²) in [6.07, 6.45) is 3.29. The summed E-state index contributed by atoms with van der Waals surface area (Å²) in [6.45, 7) is 10.2. The maximum absolute atomic E-state index is 12.0. The third-order valence-electron chi connectivity index (χ3n) is 4.67. The van der Waals surface area contributed by atoms with Crippen LogP contribution in [0.4, 0.5) is 0 Å². The number of rotatable bonds is 6. The van der Waals surface area contributed by atoms with Gasteiger partial charge in [0.2, 0.25) is 0 Å². The summed E-state index contributed by atoms with van der Waals surface area (Å²) in [5.41, 5.74) is 2.21. The topological polar surface area (TPSA) is 56.7 Å². The molecule has 1 aliphatic rings. The van der Waals surface area contributed by atoms with E-state index in [1.165, 1.54) is 6.42 Å². The average Bonchev–Trinajstić information content (AvgIpc) is 2.96. The van der Waals surface area contributed by atoms with Crippen molar-refractivity contribution in [3.63, 3.8) is 0 Å². The zero-order chi connectivity index (χ0) is 18.3. The Morgan fingerprint density at radius 3 is 2.46 bits per heavy atom. The van der Waals surface area contributed by atoms with E-state index in [-0.39, 0.29) is 29.9 Å². The standard InChI is InChI=1S/C20H32N4O.HI/c1-5-6-12-22-18(25)17-9-7-16(8-10-17)14-23-19(21-4)24-13-11-20(2,3)15-24;/h7-10H,5-6,11-15H2,1-4H3,(H,21,23)(H,22,25);1H. The fraction of sp³-hybridized carbons (Fsp3) is 0.600. The first-order valence-corrected chi connectivity index (χ1v) is 9.28. The van der Waals surface area contributed by atoms with Crippen molar-refractivity contribution in [3.05, 3.63) is 35.4 Å². The SMILES string of the molecule is CCCCNC(=O)c1ccc(CNC(=NC)N2CCC(C)(C)C2)cc1.I. The summed E-state index contributed by atoms with van der Waals surface area (Å²) >= 11 is 0. The number of nitrogens with one attached hydrogen (secondary N) is 2. The second kappa shape index (κ2) is 10.7. The van der Waals surface area contributed by atoms with Crippen molar-refractivity contribution in [1.29, 1.82) is 0 Å². The molecule has 0 spiro atoms. The summed E-state index contributed by atoms with van der Waals surface area (Å²) in [7, 11) is 1.83. The number of unbranched alkanes of at least 4 members (excludes halogenated alkanes) is 1. The van der Waals surface area contributed by atoms with Gasteiger partial charge in [0, 0.05) is 38.8 Å². The van der Waals surface area contributed by atoms with Crippen LogP contribution >= 0.6 is 24.0 Å². The minimum atomic E-state index is 0. The van der Waals surface area contributed by atoms with Gasteiger partial charge in [-0.25, -0.2) is 0 Å². The Labute approximate surface area is 175 Å². The molecule has 146 valence electrons. The number of halogens is 1. The summed E-state index contributed by atoms with van der Waals surface area (Å²) in [5, 5.41) is 6.37. The van der Waals surface area contributed by atoms with Crippen molar-refractivity contribution in [2.24, 2.45) is 10.4 Å². The molecule has 2 N–H and O–H groups in total. The van der Waals surface area contributed by atoms with Crippen LogP contribution in [0.3, 0.4) is 0 Å². The largest absolute Gasteiger partial charge is 0.352 e. The van der Waals surface area contributed by atoms with Gasteiger partial charge in [0.05, 0.1) is 0 Å². The Bertz CT molecular complexity index is 598. The molecule has 0 atom stereocenters. The molecule has 1 heterocycles. The van der Waals surface area contributed by atoms with Crippen LogP contribution in [0.25, 0.3) is 0 Å². The third-order valence-corrected chi connectivity index (χ3v) is 4.67. The second-order valence-electron chi connectivity index (χ2n) is 7.54. The van der Waals surface area contributed by atoms with Gasteiger partial charge in [-0.15, -0.1) is 24.0 Å². The van der Waals surface area contributed by atoms with E-state index in [4.69, 9.17) is 0 Å². The molecule has 0 saturated carbocycles. The van der Waals surface area contributed by atoms with Gasteiger partial charge < -0.3 is 15.5 Å². The predicted molar refractivity (Wildman–Crippen MR) is 119 cm³/mol. The molecule has 5 nitrogen and oxygen atoms in total. The van der Waals surface area contributed by atoms with Crippen molar-refractivity contribution in [1.82, 2.24) is 15.5 Å². The van der Waals surface area contributed by atoms with E-state index in [2.05, 4.69) is 41.3 Å². The lowest BCUT2D eigenvalue weighted by Gasteiger charge is -2.23. The third kappa shape index (κ3) is 6.78. The minimum Gasteiger partial charge on any atom is -0.352 e. The van der Waals surface area contributed by atoms with E-state index < -0.39 is 0 Å². The molecule has 26 heavy (non-hydrogen) atoms. The summed E-state index contributed by atoms with van der Waals surface area (Å²) in [5.74, 6) is 0.954. The Hall–Kier alpha value is -1.31. The lowest BCUT2D eigenvalue weighted by atomic mass is 9.93. The van der Waals surface area contributed by atoms with E-state index >= 15 is 0 Å². The van der Waals surface area contributed by atoms with Crippen LogP contribution in [0.1, 0.15) is 56.0 Å². The highest BCUT2D eigenvalue weighted by atomic mass is 127. The summed E-state index contributed by atoms with van der Waals surface area (Å²) in [4.78, 5) is 18.7. The number of aliphatic imine (C=N–C) groups is 1. The van der Waals surface area contributed by atoms with Crippen molar-refractivity contribution >= 4 is 35.8 Å². The van der Waals surface area contributed by atoms with Gasteiger partial charge in [-0.2, -0.15) is 0 Å². The quantitative estimate of drug-likeness (QED) is 0.288. The Morgan fingerprint density at radius 2 is 1.92 bits per heavy atom. The van der Waals surface area contributed by atoms with Gasteiger partial charge in [-0.1, -0.05) is 39.3 Å². The predicted octanol–water partition coefficient (Wildman–Crippen LogP) is 3.64. The zero-order valence-corrected chi connectivity index (χ0v) is 18.8. The van der Waals surface area contributed by atoms with E-state index in [0.29, 0.717) is 17.5 Å². The van der Waals surface area contributed by atoms with E-state index in [9.17, 15) is 4.79 Å². The monoisotopic (exact) mass is 472 g/mol. The molecule has 1 aliphatic heterocycles. The summed E-state index contributed by atoms with van der Waals surface area (Å²) < 4.78 is 0. The molecule has 0 aliphatic carbocycles. The van der Waals surface area contributed by atoms with Crippen molar-refractivity contribution < 1.29 is 4.79 Å². The first-order chi connectivity index (χ1) is 11.9. The van der Waals surface area contributed by atoms with E-state index in [1.807, 2.05) is 31.3 Å². The molecule has 1 aromatic rings. The van der Waals surface area contributed by atoms with Crippen LogP contribution < -0.4 is 10.6 Å². The molecule has 0 radical (unpaired) electrons. The fourth-order valence-electron chi connectivity index (χ4n) is 3.06. The lowest BCUT2D eigenvalue weighted by molar-refractivity contribution is 0.0953. The first kappa shape index (κ1) is 22.7. The van der Waals surface area contributed by atoms with Crippen LogP contribution in [0.15, 0.2) is 29.3 Å². The van der Waals surface area contributed by atoms with Gasteiger partial charge in [0.15, 0.2) is 5.96 Å². The molecule has 1 saturated heterocycles. The average molecular weight is 472 g/mol. The Kier molecular flexibility index (Phi) is 9.39. The van der Waals surface area contributed by atoms with Gasteiger partial charge in [0.25, 0.3) is 5.91 Å². The molecular formula is C20H33IN4O. The zero-order valence-electron chi connectivity index (χ0n) is 16.5. The first-order valence-electron chi connectivity index (χ1n) is 9.28. The highest BCUT2D eigenvalue weighted by molar-refractivity contribution is 14.0. The highest BCUT2D eigenvalue weighted by Gasteiger charge is 2.30. The number of guanidine groups is 1. The number of nitrogens with zero attached hydrogens (tertiary/aromatic N) is 2. The number of amides is 1. The smallest absolute Gasteiger partial charge is 0.251 e. The van der Waals surface area contributed by atoms with Gasteiger partial charge in [0.1, 0.15) is 0 Å². The molecule has 1 aromatic carbocycles. The van der Waals surface area contributed by atoms with E-state index in [1.54, 1.807) is 0 Å². The minimum absolute atomic E-state index is 0. The number of hydrogen-bond donors (Lipinski definition) is 2. The number of hydrogen-bond acceptors (Lipinski definition) is 2. The molecule has 0 unspecified atom stereocenters. The summed E-state index contributed by atoms with van der Waals surface area (Å²) in [6, 6.07) is 7.78. The second-order valence-corrected chi connectivity index (χ2v) is 7.54. The van der Waals surface area contributed by atoms with Gasteiger partial charge >= 0.3 is 0 Å². The van der Waals surface area contributed by atoms with Crippen LogP contribution in [-0.2, 0) is 6.54 Å². The molecule has 1 amide bonds. The molecule has 0 aromatic heterocycles. The number of carbonyl (C=O) groups excluding carboxylic acids is 1. The van der Waals surface area contributed by atoms with Crippen molar-refractivity contribution in [2.45, 2.75) is 46.6 Å². The van der Waals surface area contributed by atoms with Crippen LogP contribution in [-0.4, -0.2) is 43.4 Å². The van der Waals surface area contributed by atoms with Gasteiger partial charge in [-0.3, -0.25) is 9.79 Å². The number of carbonyl (C=O) groups is 1. The molecule has 2 rings (SSSR count). The normalized spacial score (nSPS) is 16.2. The van der Waals surface area contributed by atoms with Gasteiger partial charge in [-0.05, 0) is 36.0 Å². The van der Waals surface area contributed by atoms with E-state index in [0.717, 1.165) is 44.0 Å².